The molecule has 0 aliphatic rings. The Morgan fingerprint density at radius 2 is 1.88 bits per heavy atom. The van der Waals surface area contributed by atoms with Crippen LogP contribution in [-0.4, -0.2) is 20.9 Å². The molecule has 0 saturated carbocycles. The molecule has 2 aromatic heterocycles. The molecule has 7 heteroatoms. The van der Waals surface area contributed by atoms with Crippen LogP contribution in [0, 0.1) is 5.92 Å². The quantitative estimate of drug-likeness (QED) is 0.670. The molecule has 138 valence electrons. The third-order valence-corrected chi connectivity index (χ3v) is 4.75. The van der Waals surface area contributed by atoms with Gasteiger partial charge in [-0.15, -0.1) is 0 Å². The van der Waals surface area contributed by atoms with Crippen molar-refractivity contribution < 1.29 is 13.2 Å². The molecule has 1 atom stereocenters. The fourth-order valence-electron chi connectivity index (χ4n) is 2.79. The van der Waals surface area contributed by atoms with Gasteiger partial charge in [-0.25, -0.2) is 0 Å². The van der Waals surface area contributed by atoms with Crippen molar-refractivity contribution in [1.82, 2.24) is 14.8 Å². The van der Waals surface area contributed by atoms with Crippen molar-refractivity contribution in [3.63, 3.8) is 0 Å². The lowest BCUT2D eigenvalue weighted by Gasteiger charge is -2.16. The summed E-state index contributed by atoms with van der Waals surface area (Å²) in [7, 11) is 0. The van der Waals surface area contributed by atoms with E-state index in [0.29, 0.717) is 23.7 Å². The van der Waals surface area contributed by atoms with Gasteiger partial charge in [0.1, 0.15) is 0 Å². The molecule has 0 aromatic carbocycles. The van der Waals surface area contributed by atoms with Crippen molar-refractivity contribution in [2.24, 2.45) is 5.92 Å². The van der Waals surface area contributed by atoms with E-state index in [1.807, 2.05) is 25.5 Å². The van der Waals surface area contributed by atoms with Gasteiger partial charge in [-0.3, -0.25) is 9.67 Å². The van der Waals surface area contributed by atoms with Crippen LogP contribution >= 0.6 is 11.6 Å². The smallest absolute Gasteiger partial charge is 0.263 e. The molecule has 2 aromatic rings. The van der Waals surface area contributed by atoms with E-state index >= 15 is 0 Å². The van der Waals surface area contributed by atoms with Crippen LogP contribution < -0.4 is 0 Å². The topological polar surface area (TPSA) is 30.7 Å². The second kappa shape index (κ2) is 7.77. The van der Waals surface area contributed by atoms with Crippen LogP contribution in [-0.2, 0) is 25.8 Å². The van der Waals surface area contributed by atoms with Crippen molar-refractivity contribution in [2.75, 3.05) is 0 Å². The number of aryl methyl sites for hydroxylation is 3. The van der Waals surface area contributed by atoms with Crippen LogP contribution in [0.3, 0.4) is 0 Å². The fraction of sp³-hybridized carbons (Fsp3) is 0.556. The molecule has 0 unspecified atom stereocenters. The minimum absolute atomic E-state index is 0.127. The second-order valence-corrected chi connectivity index (χ2v) is 6.49. The number of rotatable bonds is 6. The van der Waals surface area contributed by atoms with Crippen LogP contribution in [0.4, 0.5) is 13.2 Å². The third-order valence-electron chi connectivity index (χ3n) is 4.35. The summed E-state index contributed by atoms with van der Waals surface area (Å²) in [6.07, 6.45) is -1.32. The Morgan fingerprint density at radius 1 is 1.20 bits per heavy atom. The Balaban J connectivity index is 2.46. The Labute approximate surface area is 151 Å². The normalized spacial score (nSPS) is 13.3. The van der Waals surface area contributed by atoms with E-state index in [4.69, 9.17) is 11.6 Å². The number of hydrogen-bond acceptors (Lipinski definition) is 2. The van der Waals surface area contributed by atoms with Crippen LogP contribution in [0.2, 0.25) is 5.02 Å². The summed E-state index contributed by atoms with van der Waals surface area (Å²) in [6, 6.07) is 1.76. The van der Waals surface area contributed by atoms with E-state index in [9.17, 15) is 13.2 Å². The molecule has 0 aliphatic heterocycles. The van der Waals surface area contributed by atoms with Gasteiger partial charge in [0.2, 0.25) is 0 Å². The summed E-state index contributed by atoms with van der Waals surface area (Å²) >= 11 is 6.50. The largest absolute Gasteiger partial charge is 0.391 e. The molecule has 2 rings (SSSR count). The number of aromatic nitrogens is 3. The minimum Gasteiger partial charge on any atom is -0.263 e. The van der Waals surface area contributed by atoms with E-state index < -0.39 is 12.1 Å². The van der Waals surface area contributed by atoms with Crippen molar-refractivity contribution in [3.05, 3.63) is 34.2 Å². The predicted octanol–water partition coefficient (Wildman–Crippen LogP) is 5.48. The lowest BCUT2D eigenvalue weighted by molar-refractivity contribution is -0.169. The molecule has 0 spiro atoms. The molecule has 25 heavy (non-hydrogen) atoms. The number of alkyl halides is 3. The van der Waals surface area contributed by atoms with E-state index in [1.165, 1.54) is 6.92 Å². The van der Waals surface area contributed by atoms with Gasteiger partial charge in [0, 0.05) is 30.4 Å². The molecule has 0 bridgehead atoms. The van der Waals surface area contributed by atoms with Crippen molar-refractivity contribution >= 4 is 11.6 Å². The summed E-state index contributed by atoms with van der Waals surface area (Å²) in [5.74, 6) is -1.42. The molecule has 0 N–H and O–H groups in total. The zero-order chi connectivity index (χ0) is 18.8. The van der Waals surface area contributed by atoms with Gasteiger partial charge in [0.15, 0.2) is 0 Å². The number of hydrogen-bond donors (Lipinski definition) is 0. The van der Waals surface area contributed by atoms with Crippen molar-refractivity contribution in [3.8, 4) is 11.3 Å². The average Bonchev–Trinajstić information content (AvgIpc) is 2.89. The van der Waals surface area contributed by atoms with Gasteiger partial charge in [-0.2, -0.15) is 18.3 Å². The number of nitrogens with zero attached hydrogens (tertiary/aromatic N) is 3. The van der Waals surface area contributed by atoms with Crippen LogP contribution in [0.25, 0.3) is 11.3 Å². The van der Waals surface area contributed by atoms with Gasteiger partial charge in [-0.05, 0) is 31.4 Å². The van der Waals surface area contributed by atoms with Gasteiger partial charge < -0.3 is 0 Å². The van der Waals surface area contributed by atoms with Crippen molar-refractivity contribution in [2.45, 2.75) is 59.7 Å². The highest BCUT2D eigenvalue weighted by Gasteiger charge is 2.36. The fourth-order valence-corrected chi connectivity index (χ4v) is 3.17. The summed E-state index contributed by atoms with van der Waals surface area (Å²) < 4.78 is 40.2. The first kappa shape index (κ1) is 19.8. The molecule has 3 nitrogen and oxygen atoms in total. The van der Waals surface area contributed by atoms with Gasteiger partial charge in [0.05, 0.1) is 22.3 Å². The predicted molar refractivity (Wildman–Crippen MR) is 93.8 cm³/mol. The molecule has 0 aliphatic carbocycles. The molecular weight excluding hydrogens is 351 g/mol. The molecule has 0 radical (unpaired) electrons. The van der Waals surface area contributed by atoms with E-state index in [0.717, 1.165) is 28.9 Å². The first-order chi connectivity index (χ1) is 11.7. The zero-order valence-corrected chi connectivity index (χ0v) is 15.7. The first-order valence-electron chi connectivity index (χ1n) is 8.52. The third kappa shape index (κ3) is 4.17. The second-order valence-electron chi connectivity index (χ2n) is 6.11. The highest BCUT2D eigenvalue weighted by atomic mass is 35.5. The Kier molecular flexibility index (Phi) is 6.14. The first-order valence-corrected chi connectivity index (χ1v) is 8.90. The lowest BCUT2D eigenvalue weighted by atomic mass is 9.99. The average molecular weight is 374 g/mol. The van der Waals surface area contributed by atoms with Gasteiger partial charge in [-0.1, -0.05) is 32.4 Å². The van der Waals surface area contributed by atoms with Crippen molar-refractivity contribution in [1.29, 1.82) is 0 Å². The zero-order valence-electron chi connectivity index (χ0n) is 14.9. The van der Waals surface area contributed by atoms with Gasteiger partial charge >= 0.3 is 6.18 Å². The minimum atomic E-state index is -4.22. The van der Waals surface area contributed by atoms with Crippen LogP contribution in [0.1, 0.15) is 44.6 Å². The SMILES string of the molecule is CCc1cc(C[C@@H](C)C(F)(F)F)ncc1-c1c(Cl)c(CC)nn1CC. The van der Waals surface area contributed by atoms with E-state index in [2.05, 4.69) is 10.1 Å². The molecule has 2 heterocycles. The van der Waals surface area contributed by atoms with E-state index in [-0.39, 0.29) is 6.42 Å². The number of halogens is 4. The Hall–Kier alpha value is -1.56. The van der Waals surface area contributed by atoms with Gasteiger partial charge in [0.25, 0.3) is 0 Å². The van der Waals surface area contributed by atoms with Crippen LogP contribution in [0.15, 0.2) is 12.3 Å². The molecule has 0 fully saturated rings. The number of pyridine rings is 1. The Morgan fingerprint density at radius 3 is 2.40 bits per heavy atom. The Bertz CT molecular complexity index is 738. The maximum Gasteiger partial charge on any atom is 0.391 e. The highest BCUT2D eigenvalue weighted by Crippen LogP contribution is 2.34. The summed E-state index contributed by atoms with van der Waals surface area (Å²) in [5.41, 5.74) is 3.82. The highest BCUT2D eigenvalue weighted by molar-refractivity contribution is 6.33. The molecule has 0 saturated heterocycles. The monoisotopic (exact) mass is 373 g/mol. The standard InChI is InChI=1S/C18H23ClF3N3/c1-5-12-9-13(8-11(4)18(20,21)22)23-10-14(12)17-16(19)15(6-2)24-25(17)7-3/h9-11H,5-8H2,1-4H3/t11-/m1/s1. The molecule has 0 amide bonds. The maximum atomic E-state index is 12.8. The van der Waals surface area contributed by atoms with E-state index in [1.54, 1.807) is 12.3 Å². The maximum absolute atomic E-state index is 12.8. The summed E-state index contributed by atoms with van der Waals surface area (Å²) in [6.45, 7) is 7.77. The summed E-state index contributed by atoms with van der Waals surface area (Å²) in [4.78, 5) is 4.27. The lowest BCUT2D eigenvalue weighted by Crippen LogP contribution is -2.22. The summed E-state index contributed by atoms with van der Waals surface area (Å²) in [5, 5.41) is 5.10. The van der Waals surface area contributed by atoms with Crippen LogP contribution in [0.5, 0.6) is 0 Å². The molecular formula is C18H23ClF3N3.